The minimum Gasteiger partial charge on any atom is -0.496 e. The highest BCUT2D eigenvalue weighted by atomic mass is 32.1. The summed E-state index contributed by atoms with van der Waals surface area (Å²) in [6.45, 7) is 3.46. The number of nitrogens with zero attached hydrogens (tertiary/aromatic N) is 1. The van der Waals surface area contributed by atoms with Gasteiger partial charge in [-0.25, -0.2) is 14.2 Å². The van der Waals surface area contributed by atoms with Crippen molar-refractivity contribution in [2.75, 3.05) is 12.4 Å². The van der Waals surface area contributed by atoms with Gasteiger partial charge in [0.15, 0.2) is 5.13 Å². The normalized spacial score (nSPS) is 11.9. The van der Waals surface area contributed by atoms with Gasteiger partial charge in [-0.3, -0.25) is 4.79 Å². The molecule has 0 aliphatic carbocycles. The van der Waals surface area contributed by atoms with Crippen LogP contribution in [-0.2, 0) is 4.79 Å². The molecule has 1 atom stereocenters. The lowest BCUT2D eigenvalue weighted by atomic mass is 10.0. The van der Waals surface area contributed by atoms with E-state index in [-0.39, 0.29) is 17.3 Å². The quantitative estimate of drug-likeness (QED) is 0.291. The zero-order chi connectivity index (χ0) is 25.1. The predicted octanol–water partition coefficient (Wildman–Crippen LogP) is 5.69. The van der Waals surface area contributed by atoms with Gasteiger partial charge in [-0.2, -0.15) is 0 Å². The molecule has 1 heterocycles. The molecule has 3 aromatic carbocycles. The Balaban J connectivity index is 1.52. The molecular formula is C26H24FN3O4S. The molecule has 7 nitrogen and oxygen atoms in total. The maximum atomic E-state index is 13.9. The topological polar surface area (TPSA) is 101 Å². The van der Waals surface area contributed by atoms with E-state index >= 15 is 0 Å². The molecule has 4 rings (SSSR count). The number of ether oxygens (including phenoxy) is 1. The Kier molecular flexibility index (Phi) is 6.97. The molecule has 1 amide bonds. The van der Waals surface area contributed by atoms with E-state index in [9.17, 15) is 19.1 Å². The summed E-state index contributed by atoms with van der Waals surface area (Å²) in [4.78, 5) is 28.6. The number of hydrogen-bond acceptors (Lipinski definition) is 6. The van der Waals surface area contributed by atoms with Crippen molar-refractivity contribution in [2.45, 2.75) is 19.9 Å². The monoisotopic (exact) mass is 493 g/mol. The molecule has 0 spiro atoms. The fourth-order valence-corrected chi connectivity index (χ4v) is 4.52. The van der Waals surface area contributed by atoms with Crippen LogP contribution in [0.4, 0.5) is 15.2 Å². The molecule has 0 fully saturated rings. The Morgan fingerprint density at radius 2 is 1.77 bits per heavy atom. The van der Waals surface area contributed by atoms with Gasteiger partial charge in [0.2, 0.25) is 0 Å². The average Bonchev–Trinajstić information content (AvgIpc) is 3.26. The largest absolute Gasteiger partial charge is 0.496 e. The number of carboxylic acids is 1. The minimum absolute atomic E-state index is 0.254. The van der Waals surface area contributed by atoms with Crippen LogP contribution in [-0.4, -0.2) is 35.1 Å². The first-order valence-corrected chi connectivity index (χ1v) is 11.7. The molecule has 0 bridgehead atoms. The number of carboxylic acid groups (broad SMARTS) is 1. The van der Waals surface area contributed by atoms with E-state index in [1.54, 1.807) is 44.2 Å². The zero-order valence-corrected chi connectivity index (χ0v) is 20.2. The maximum absolute atomic E-state index is 13.9. The summed E-state index contributed by atoms with van der Waals surface area (Å²) in [5.74, 6) is -1.82. The van der Waals surface area contributed by atoms with Gasteiger partial charge in [-0.15, -0.1) is 0 Å². The van der Waals surface area contributed by atoms with Gasteiger partial charge in [0.05, 0.1) is 22.9 Å². The molecule has 35 heavy (non-hydrogen) atoms. The molecule has 0 saturated carbocycles. The number of hydrogen-bond donors (Lipinski definition) is 3. The third kappa shape index (κ3) is 5.25. The number of rotatable bonds is 8. The number of benzene rings is 3. The van der Waals surface area contributed by atoms with Crippen molar-refractivity contribution in [1.82, 2.24) is 10.3 Å². The van der Waals surface area contributed by atoms with Crippen molar-refractivity contribution in [3.8, 4) is 16.9 Å². The number of amides is 1. The summed E-state index contributed by atoms with van der Waals surface area (Å²) < 4.78 is 19.9. The minimum atomic E-state index is -1.09. The highest BCUT2D eigenvalue weighted by Crippen LogP contribution is 2.32. The van der Waals surface area contributed by atoms with Crippen molar-refractivity contribution in [3.05, 3.63) is 72.0 Å². The number of carbonyl (C=O) groups excluding carboxylic acids is 1. The Bertz CT molecular complexity index is 1390. The third-order valence-electron chi connectivity index (χ3n) is 5.50. The number of carbonyl (C=O) groups is 2. The van der Waals surface area contributed by atoms with E-state index in [0.29, 0.717) is 21.1 Å². The fourth-order valence-electron chi connectivity index (χ4n) is 3.63. The molecule has 9 heteroatoms. The molecular weight excluding hydrogens is 469 g/mol. The Labute approximate surface area is 205 Å². The lowest BCUT2D eigenvalue weighted by Crippen LogP contribution is -2.44. The van der Waals surface area contributed by atoms with E-state index in [0.717, 1.165) is 16.8 Å². The van der Waals surface area contributed by atoms with Gasteiger partial charge in [0.1, 0.15) is 17.6 Å². The van der Waals surface area contributed by atoms with Crippen molar-refractivity contribution < 1.29 is 23.8 Å². The van der Waals surface area contributed by atoms with Crippen LogP contribution in [0.1, 0.15) is 24.2 Å². The molecule has 0 aliphatic rings. The molecule has 1 aromatic heterocycles. The number of aromatic nitrogens is 1. The summed E-state index contributed by atoms with van der Waals surface area (Å²) in [5, 5.41) is 15.7. The van der Waals surface area contributed by atoms with Crippen LogP contribution in [0.25, 0.3) is 21.3 Å². The van der Waals surface area contributed by atoms with E-state index in [4.69, 9.17) is 4.74 Å². The number of aliphatic carboxylic acids is 1. The SMILES string of the molecule is COc1cc(-c2ccc(Nc3nc4cccc(F)c4s3)cc2)ccc1C(=O)N[C@H](C(=O)O)C(C)C. The fraction of sp³-hybridized carbons (Fsp3) is 0.192. The van der Waals surface area contributed by atoms with Crippen molar-refractivity contribution in [2.24, 2.45) is 5.92 Å². The van der Waals surface area contributed by atoms with Gasteiger partial charge in [0.25, 0.3) is 5.91 Å². The van der Waals surface area contributed by atoms with Crippen molar-refractivity contribution >= 4 is 44.2 Å². The van der Waals surface area contributed by atoms with E-state index < -0.39 is 17.9 Å². The number of fused-ring (bicyclic) bond motifs is 1. The van der Waals surface area contributed by atoms with Crippen molar-refractivity contribution in [1.29, 1.82) is 0 Å². The van der Waals surface area contributed by atoms with Gasteiger partial charge in [0, 0.05) is 5.69 Å². The van der Waals surface area contributed by atoms with Crippen LogP contribution in [0.2, 0.25) is 0 Å². The van der Waals surface area contributed by atoms with Gasteiger partial charge < -0.3 is 20.5 Å². The number of anilines is 2. The smallest absolute Gasteiger partial charge is 0.326 e. The van der Waals surface area contributed by atoms with Crippen LogP contribution < -0.4 is 15.4 Å². The Hall–Kier alpha value is -3.98. The second kappa shape index (κ2) is 10.1. The molecule has 0 radical (unpaired) electrons. The summed E-state index contributed by atoms with van der Waals surface area (Å²) >= 11 is 1.25. The highest BCUT2D eigenvalue weighted by Gasteiger charge is 2.25. The van der Waals surface area contributed by atoms with Gasteiger partial charge in [-0.1, -0.05) is 49.4 Å². The third-order valence-corrected chi connectivity index (χ3v) is 6.50. The molecule has 0 saturated heterocycles. The molecule has 0 unspecified atom stereocenters. The maximum Gasteiger partial charge on any atom is 0.326 e. The van der Waals surface area contributed by atoms with Crippen LogP contribution >= 0.6 is 11.3 Å². The predicted molar refractivity (Wildman–Crippen MR) is 135 cm³/mol. The number of halogens is 1. The molecule has 180 valence electrons. The number of methoxy groups -OCH3 is 1. The molecule has 0 aliphatic heterocycles. The average molecular weight is 494 g/mol. The second-order valence-electron chi connectivity index (χ2n) is 8.26. The summed E-state index contributed by atoms with van der Waals surface area (Å²) in [6.07, 6.45) is 0. The molecule has 4 aromatic rings. The van der Waals surface area contributed by atoms with Crippen LogP contribution in [0.3, 0.4) is 0 Å². The van der Waals surface area contributed by atoms with Crippen LogP contribution in [0, 0.1) is 11.7 Å². The van der Waals surface area contributed by atoms with Crippen LogP contribution in [0.5, 0.6) is 5.75 Å². The van der Waals surface area contributed by atoms with E-state index in [1.165, 1.54) is 24.5 Å². The molecule has 3 N–H and O–H groups in total. The standard InChI is InChI=1S/C26H24FN3O4S/c1-14(2)22(25(32)33)30-24(31)18-12-9-16(13-21(18)34-3)15-7-10-17(11-8-15)28-26-29-20-6-4-5-19(27)23(20)35-26/h4-14,22H,1-3H3,(H,28,29)(H,30,31)(H,32,33)/t22-/m0/s1. The van der Waals surface area contributed by atoms with E-state index in [1.807, 2.05) is 24.3 Å². The number of nitrogens with one attached hydrogen (secondary N) is 2. The lowest BCUT2D eigenvalue weighted by Gasteiger charge is -2.19. The summed E-state index contributed by atoms with van der Waals surface area (Å²) in [7, 11) is 1.46. The second-order valence-corrected chi connectivity index (χ2v) is 9.26. The van der Waals surface area contributed by atoms with Crippen LogP contribution in [0.15, 0.2) is 60.7 Å². The lowest BCUT2D eigenvalue weighted by molar-refractivity contribution is -0.140. The first-order valence-electron chi connectivity index (χ1n) is 10.9. The Morgan fingerprint density at radius 3 is 2.40 bits per heavy atom. The summed E-state index contributed by atoms with van der Waals surface area (Å²) in [5.41, 5.74) is 3.37. The van der Waals surface area contributed by atoms with E-state index in [2.05, 4.69) is 15.6 Å². The summed E-state index contributed by atoms with van der Waals surface area (Å²) in [6, 6.07) is 16.5. The first-order chi connectivity index (χ1) is 16.8. The Morgan fingerprint density at radius 1 is 1.06 bits per heavy atom. The van der Waals surface area contributed by atoms with Gasteiger partial charge >= 0.3 is 5.97 Å². The van der Waals surface area contributed by atoms with Crippen molar-refractivity contribution in [3.63, 3.8) is 0 Å². The first kappa shape index (κ1) is 24.2. The highest BCUT2D eigenvalue weighted by molar-refractivity contribution is 7.22. The number of thiazole rings is 1. The van der Waals surface area contributed by atoms with Gasteiger partial charge in [-0.05, 0) is 53.4 Å². The zero-order valence-electron chi connectivity index (χ0n) is 19.3.